The molecule has 0 atom stereocenters. The number of halogens is 1. The van der Waals surface area contributed by atoms with E-state index in [2.05, 4.69) is 5.16 Å². The molecule has 0 unspecified atom stereocenters. The fourth-order valence-corrected chi connectivity index (χ4v) is 2.78. The molecule has 1 heterocycles. The number of rotatable bonds is 8. The number of hydrogen-bond acceptors (Lipinski definition) is 6. The number of aryl methyl sites for hydroxylation is 2. The van der Waals surface area contributed by atoms with E-state index >= 15 is 0 Å². The van der Waals surface area contributed by atoms with Crippen LogP contribution in [0.2, 0.25) is 5.02 Å². The summed E-state index contributed by atoms with van der Waals surface area (Å²) in [7, 11) is 0. The van der Waals surface area contributed by atoms with E-state index in [0.29, 0.717) is 22.9 Å². The number of Topliss-reactive ketones (excluding diaryl/α,β-unsaturated/α-hetero) is 1. The van der Waals surface area contributed by atoms with Crippen LogP contribution in [0.4, 0.5) is 0 Å². The maximum absolute atomic E-state index is 12.0. The summed E-state index contributed by atoms with van der Waals surface area (Å²) in [6.07, 6.45) is 0.0675. The Labute approximate surface area is 173 Å². The third-order valence-electron chi connectivity index (χ3n) is 4.37. The van der Waals surface area contributed by atoms with Crippen molar-refractivity contribution in [1.82, 2.24) is 5.16 Å². The lowest BCUT2D eigenvalue weighted by Gasteiger charge is -2.08. The summed E-state index contributed by atoms with van der Waals surface area (Å²) in [6.45, 7) is 3.75. The van der Waals surface area contributed by atoms with Crippen LogP contribution in [0.15, 0.2) is 53.1 Å². The lowest BCUT2D eigenvalue weighted by atomic mass is 10.1. The van der Waals surface area contributed by atoms with Gasteiger partial charge in [0.25, 0.3) is 0 Å². The number of ketones is 1. The van der Waals surface area contributed by atoms with Crippen molar-refractivity contribution in [2.75, 3.05) is 6.61 Å². The number of benzene rings is 2. The Balaban J connectivity index is 1.47. The second-order valence-electron chi connectivity index (χ2n) is 6.50. The van der Waals surface area contributed by atoms with Crippen molar-refractivity contribution in [3.63, 3.8) is 0 Å². The number of nitrogens with zero attached hydrogens (tertiary/aromatic N) is 1. The number of aromatic nitrogens is 1. The Kier molecular flexibility index (Phi) is 6.67. The molecule has 2 aromatic carbocycles. The van der Waals surface area contributed by atoms with Gasteiger partial charge in [-0.1, -0.05) is 28.9 Å². The molecule has 0 aliphatic heterocycles. The number of esters is 1. The Morgan fingerprint density at radius 1 is 1.03 bits per heavy atom. The first-order valence-electron chi connectivity index (χ1n) is 9.00. The summed E-state index contributed by atoms with van der Waals surface area (Å²) < 4.78 is 15.9. The molecule has 0 aliphatic rings. The zero-order valence-corrected chi connectivity index (χ0v) is 16.9. The fourth-order valence-electron chi connectivity index (χ4n) is 2.65. The van der Waals surface area contributed by atoms with E-state index in [1.165, 1.54) is 0 Å². The fraction of sp³-hybridized carbons (Fsp3) is 0.227. The molecular formula is C22H20ClNO5. The van der Waals surface area contributed by atoms with Crippen LogP contribution in [0.25, 0.3) is 0 Å². The molecule has 0 fully saturated rings. The summed E-state index contributed by atoms with van der Waals surface area (Å²) in [5, 5.41) is 4.43. The molecule has 0 saturated carbocycles. The van der Waals surface area contributed by atoms with Crippen LogP contribution in [-0.4, -0.2) is 23.5 Å². The van der Waals surface area contributed by atoms with Crippen LogP contribution < -0.4 is 4.74 Å². The van der Waals surface area contributed by atoms with Gasteiger partial charge < -0.3 is 14.0 Å². The van der Waals surface area contributed by atoms with Crippen molar-refractivity contribution in [3.8, 4) is 5.75 Å². The second-order valence-corrected chi connectivity index (χ2v) is 6.94. The van der Waals surface area contributed by atoms with E-state index in [1.54, 1.807) is 48.5 Å². The second kappa shape index (κ2) is 9.39. The molecule has 7 heteroatoms. The van der Waals surface area contributed by atoms with Gasteiger partial charge in [0.2, 0.25) is 0 Å². The number of carbonyl (C=O) groups is 2. The van der Waals surface area contributed by atoms with Gasteiger partial charge in [-0.3, -0.25) is 9.59 Å². The van der Waals surface area contributed by atoms with Gasteiger partial charge in [0.15, 0.2) is 12.4 Å². The van der Waals surface area contributed by atoms with E-state index < -0.39 is 5.97 Å². The van der Waals surface area contributed by atoms with Crippen LogP contribution in [-0.2, 0) is 22.6 Å². The first-order chi connectivity index (χ1) is 13.9. The van der Waals surface area contributed by atoms with Crippen molar-refractivity contribution in [1.29, 1.82) is 0 Å². The molecule has 0 spiro atoms. The quantitative estimate of drug-likeness (QED) is 0.400. The highest BCUT2D eigenvalue weighted by Gasteiger charge is 2.12. The largest absolute Gasteiger partial charge is 0.489 e. The molecule has 1 aromatic heterocycles. The highest BCUT2D eigenvalue weighted by Crippen LogP contribution is 2.18. The number of carbonyl (C=O) groups excluding carboxylic acids is 2. The average molecular weight is 414 g/mol. The van der Waals surface area contributed by atoms with Gasteiger partial charge in [-0.05, 0) is 55.8 Å². The highest BCUT2D eigenvalue weighted by molar-refractivity contribution is 6.30. The minimum absolute atomic E-state index is 0.0675. The molecule has 0 bridgehead atoms. The summed E-state index contributed by atoms with van der Waals surface area (Å²) in [6, 6.07) is 13.5. The normalized spacial score (nSPS) is 10.6. The van der Waals surface area contributed by atoms with Gasteiger partial charge in [-0.25, -0.2) is 0 Å². The van der Waals surface area contributed by atoms with E-state index in [4.69, 9.17) is 25.6 Å². The minimum Gasteiger partial charge on any atom is -0.489 e. The van der Waals surface area contributed by atoms with E-state index in [1.807, 2.05) is 13.8 Å². The Morgan fingerprint density at radius 3 is 2.34 bits per heavy atom. The summed E-state index contributed by atoms with van der Waals surface area (Å²) in [4.78, 5) is 24.0. The van der Waals surface area contributed by atoms with Crippen LogP contribution in [0.3, 0.4) is 0 Å². The lowest BCUT2D eigenvalue weighted by molar-refractivity contribution is -0.141. The van der Waals surface area contributed by atoms with Crippen LogP contribution in [0.1, 0.15) is 32.9 Å². The predicted octanol–water partition coefficient (Wildman–Crippen LogP) is 4.49. The summed E-state index contributed by atoms with van der Waals surface area (Å²) in [5.74, 6) is 0.643. The molecule has 0 amide bonds. The highest BCUT2D eigenvalue weighted by atomic mass is 35.5. The number of ether oxygens (including phenoxy) is 2. The molecule has 29 heavy (non-hydrogen) atoms. The molecule has 0 radical (unpaired) electrons. The molecule has 3 aromatic rings. The minimum atomic E-state index is -0.475. The Morgan fingerprint density at radius 2 is 1.72 bits per heavy atom. The van der Waals surface area contributed by atoms with Crippen molar-refractivity contribution in [2.45, 2.75) is 26.9 Å². The first-order valence-corrected chi connectivity index (χ1v) is 9.38. The molecule has 0 aliphatic carbocycles. The zero-order valence-electron chi connectivity index (χ0n) is 16.1. The maximum atomic E-state index is 12.0. The SMILES string of the molecule is Cc1noc(C)c1COc1ccc(CC(=O)OCC(=O)c2ccc(Cl)cc2)cc1. The van der Waals surface area contributed by atoms with Crippen molar-refractivity contribution in [2.24, 2.45) is 0 Å². The smallest absolute Gasteiger partial charge is 0.310 e. The third kappa shape index (κ3) is 5.68. The predicted molar refractivity (Wildman–Crippen MR) is 107 cm³/mol. The Hall–Kier alpha value is -3.12. The van der Waals surface area contributed by atoms with Gasteiger partial charge in [-0.15, -0.1) is 0 Å². The molecule has 3 rings (SSSR count). The third-order valence-corrected chi connectivity index (χ3v) is 4.62. The standard InChI is InChI=1S/C22H20ClNO5/c1-14-20(15(2)29-24-14)12-27-19-9-3-16(4-10-19)11-22(26)28-13-21(25)17-5-7-18(23)8-6-17/h3-10H,11-13H2,1-2H3. The van der Waals surface area contributed by atoms with Gasteiger partial charge in [0, 0.05) is 10.6 Å². The van der Waals surface area contributed by atoms with Gasteiger partial charge in [0.05, 0.1) is 17.7 Å². The Bertz CT molecular complexity index is 974. The lowest BCUT2D eigenvalue weighted by Crippen LogP contribution is -2.15. The monoisotopic (exact) mass is 413 g/mol. The molecule has 0 N–H and O–H groups in total. The van der Waals surface area contributed by atoms with Gasteiger partial charge >= 0.3 is 5.97 Å². The van der Waals surface area contributed by atoms with Crippen LogP contribution in [0.5, 0.6) is 5.75 Å². The first kappa shape index (κ1) is 20.6. The van der Waals surface area contributed by atoms with Gasteiger partial charge in [-0.2, -0.15) is 0 Å². The molecular weight excluding hydrogens is 394 g/mol. The average Bonchev–Trinajstić information content (AvgIpc) is 3.04. The van der Waals surface area contributed by atoms with Crippen molar-refractivity contribution < 1.29 is 23.6 Å². The van der Waals surface area contributed by atoms with Crippen molar-refractivity contribution in [3.05, 3.63) is 81.7 Å². The zero-order chi connectivity index (χ0) is 20.8. The van der Waals surface area contributed by atoms with E-state index in [-0.39, 0.29) is 18.8 Å². The molecule has 0 saturated heterocycles. The maximum Gasteiger partial charge on any atom is 0.310 e. The molecule has 6 nitrogen and oxygen atoms in total. The van der Waals surface area contributed by atoms with Crippen molar-refractivity contribution >= 4 is 23.4 Å². The van der Waals surface area contributed by atoms with Crippen LogP contribution >= 0.6 is 11.6 Å². The van der Waals surface area contributed by atoms with E-state index in [9.17, 15) is 9.59 Å². The topological polar surface area (TPSA) is 78.6 Å². The van der Waals surface area contributed by atoms with Gasteiger partial charge in [0.1, 0.15) is 18.1 Å². The molecule has 150 valence electrons. The summed E-state index contributed by atoms with van der Waals surface area (Å²) >= 11 is 5.79. The van der Waals surface area contributed by atoms with Crippen LogP contribution in [0, 0.1) is 13.8 Å². The van der Waals surface area contributed by atoms with E-state index in [0.717, 1.165) is 22.6 Å². The summed E-state index contributed by atoms with van der Waals surface area (Å²) in [5.41, 5.74) is 2.93. The number of hydrogen-bond donors (Lipinski definition) is 0.